The minimum atomic E-state index is -5.10. The lowest BCUT2D eigenvalue weighted by Crippen LogP contribution is -2.50. The van der Waals surface area contributed by atoms with Gasteiger partial charge in [0.25, 0.3) is 0 Å². The minimum absolute atomic E-state index is 0.239. The summed E-state index contributed by atoms with van der Waals surface area (Å²) in [5, 5.41) is 38.1. The summed E-state index contributed by atoms with van der Waals surface area (Å²) in [5.41, 5.74) is 0. The van der Waals surface area contributed by atoms with Gasteiger partial charge in [0.15, 0.2) is 18.5 Å². The van der Waals surface area contributed by atoms with Crippen LogP contribution in [0.3, 0.4) is 0 Å². The van der Waals surface area contributed by atoms with Gasteiger partial charge in [0.05, 0.1) is 13.2 Å². The SMILES string of the molecule is [2H]OP(=O)(O)OC[C@@H](O)[C@@H](O)[C@H](OC(=O)C(CO)OP(=O)(O)O[2H])[C@@H](O)C=O. The van der Waals surface area contributed by atoms with E-state index in [1.165, 1.54) is 0 Å². The van der Waals surface area contributed by atoms with Crippen molar-refractivity contribution in [1.29, 1.82) is 2.86 Å². The first kappa shape index (κ1) is 21.5. The van der Waals surface area contributed by atoms with Crippen molar-refractivity contribution in [1.82, 2.24) is 0 Å². The largest absolute Gasteiger partial charge is 0.470 e. The predicted octanol–water partition coefficient (Wildman–Crippen LogP) is -4.24. The molecular weight excluding hydrogens is 410 g/mol. The summed E-state index contributed by atoms with van der Waals surface area (Å²) >= 11 is 0. The third-order valence-corrected chi connectivity index (χ3v) is 3.55. The summed E-state index contributed by atoms with van der Waals surface area (Å²) in [6.07, 6.45) is -11.6. The summed E-state index contributed by atoms with van der Waals surface area (Å²) in [6, 6.07) is 0. The number of aliphatic hydroxyl groups is 4. The lowest BCUT2D eigenvalue weighted by Gasteiger charge is -2.29. The normalized spacial score (nSPS) is 23.2. The van der Waals surface area contributed by atoms with Crippen LogP contribution in [-0.2, 0) is 32.5 Å². The van der Waals surface area contributed by atoms with E-state index in [1.807, 2.05) is 0 Å². The average Bonchev–Trinajstić information content (AvgIpc) is 2.66. The average molecular weight is 430 g/mol. The number of hydrogen-bond donors (Lipinski definition) is 8. The highest BCUT2D eigenvalue weighted by Crippen LogP contribution is 2.38. The van der Waals surface area contributed by atoms with Crippen molar-refractivity contribution in [2.24, 2.45) is 0 Å². The van der Waals surface area contributed by atoms with Gasteiger partial charge in [-0.15, -0.1) is 0 Å². The molecule has 0 aliphatic rings. The van der Waals surface area contributed by atoms with Gasteiger partial charge in [-0.05, 0) is 0 Å². The second-order valence-electron chi connectivity index (χ2n) is 4.60. The molecule has 0 saturated carbocycles. The standard InChI is InChI=1S/C9H18O15P2/c10-1-4(12)8(7(14)5(13)3-22-25(16,17)18)23-9(15)6(2-11)24-26(19,20)21/h1,4-8,11-14H,2-3H2,(H2,16,17,18)(H2,19,20,21)/t4-,5+,6?,7+,8+/m0/s1/i/hD2. The van der Waals surface area contributed by atoms with Crippen LogP contribution < -0.4 is 0 Å². The highest BCUT2D eigenvalue weighted by Gasteiger charge is 2.39. The first-order chi connectivity index (χ1) is 12.8. The molecule has 0 amide bonds. The summed E-state index contributed by atoms with van der Waals surface area (Å²) < 4.78 is 47.2. The third kappa shape index (κ3) is 9.78. The molecule has 0 saturated heterocycles. The predicted molar refractivity (Wildman–Crippen MR) is 76.0 cm³/mol. The van der Waals surface area contributed by atoms with E-state index in [9.17, 15) is 34.0 Å². The number of aliphatic hydroxyl groups excluding tert-OH is 4. The number of carbonyl (C=O) groups is 2. The van der Waals surface area contributed by atoms with Gasteiger partial charge in [0, 0.05) is 0 Å². The number of phosphoric acid groups is 2. The fourth-order valence-electron chi connectivity index (χ4n) is 1.43. The number of carbonyl (C=O) groups excluding carboxylic acids is 2. The molecule has 0 heterocycles. The molecule has 8 N–H and O–H groups in total. The second-order valence-corrected chi connectivity index (χ2v) is 6.94. The van der Waals surface area contributed by atoms with Gasteiger partial charge < -0.3 is 49.5 Å². The summed E-state index contributed by atoms with van der Waals surface area (Å²) in [7, 11) is -9.99. The van der Waals surface area contributed by atoms with Crippen LogP contribution in [0, 0.1) is 0 Å². The van der Waals surface area contributed by atoms with Crippen LogP contribution in [0.2, 0.25) is 0 Å². The Balaban J connectivity index is 5.25. The molecule has 0 rings (SSSR count). The molecule has 17 heteroatoms. The molecule has 154 valence electrons. The first-order valence-corrected chi connectivity index (χ1v) is 9.42. The van der Waals surface area contributed by atoms with Crippen molar-refractivity contribution in [3.8, 4) is 0 Å². The maximum Gasteiger partial charge on any atom is 0.470 e. The first-order valence-electron chi connectivity index (χ1n) is 7.25. The van der Waals surface area contributed by atoms with Gasteiger partial charge in [-0.25, -0.2) is 13.9 Å². The Morgan fingerprint density at radius 3 is 2.19 bits per heavy atom. The van der Waals surface area contributed by atoms with Crippen molar-refractivity contribution in [3.63, 3.8) is 0 Å². The Morgan fingerprint density at radius 2 is 1.73 bits per heavy atom. The highest BCUT2D eigenvalue weighted by atomic mass is 31.2. The van der Waals surface area contributed by atoms with E-state index in [0.29, 0.717) is 0 Å². The zero-order chi connectivity index (χ0) is 22.1. The van der Waals surface area contributed by atoms with Crippen LogP contribution in [0.25, 0.3) is 0 Å². The van der Waals surface area contributed by atoms with Crippen LogP contribution in [0.5, 0.6) is 0 Å². The maximum absolute atomic E-state index is 11.9. The molecule has 0 aromatic rings. The molecule has 0 bridgehead atoms. The Kier molecular flexibility index (Phi) is 8.69. The topological polar surface area (TPSA) is 258 Å². The number of phosphoric ester groups is 2. The van der Waals surface area contributed by atoms with Crippen LogP contribution in [0.4, 0.5) is 0 Å². The third-order valence-electron chi connectivity index (χ3n) is 2.56. The number of esters is 1. The number of aldehydes is 1. The molecule has 7 atom stereocenters. The van der Waals surface area contributed by atoms with Gasteiger partial charge in [-0.1, -0.05) is 0 Å². The molecule has 0 aromatic heterocycles. The molecule has 0 fully saturated rings. The number of rotatable bonds is 14. The zero-order valence-corrected chi connectivity index (χ0v) is 14.4. The molecule has 3 unspecified atom stereocenters. The minimum Gasteiger partial charge on any atom is -0.454 e. The number of hydrogen-bond acceptors (Lipinski definition) is 13. The Morgan fingerprint density at radius 1 is 1.15 bits per heavy atom. The van der Waals surface area contributed by atoms with E-state index in [-0.39, 0.29) is 6.29 Å². The molecule has 26 heavy (non-hydrogen) atoms. The highest BCUT2D eigenvalue weighted by molar-refractivity contribution is 7.46. The van der Waals surface area contributed by atoms with Gasteiger partial charge in [-0.3, -0.25) is 9.05 Å². The Hall–Kier alpha value is -0.800. The van der Waals surface area contributed by atoms with E-state index in [4.69, 9.17) is 17.8 Å². The molecule has 0 aromatic carbocycles. The lowest BCUT2D eigenvalue weighted by molar-refractivity contribution is -0.182. The van der Waals surface area contributed by atoms with Crippen molar-refractivity contribution in [2.75, 3.05) is 13.2 Å². The second kappa shape index (κ2) is 10.5. The summed E-state index contributed by atoms with van der Waals surface area (Å²) in [4.78, 5) is 47.0. The van der Waals surface area contributed by atoms with Gasteiger partial charge in [0.1, 0.15) is 18.3 Å². The molecule has 0 aliphatic heterocycles. The molecule has 15 nitrogen and oxygen atoms in total. The Labute approximate surface area is 148 Å². The summed E-state index contributed by atoms with van der Waals surface area (Å²) in [5.74, 6) is -1.73. The van der Waals surface area contributed by atoms with E-state index < -0.39 is 65.3 Å². The monoisotopic (exact) mass is 430 g/mol. The van der Waals surface area contributed by atoms with Crippen LogP contribution in [0.15, 0.2) is 0 Å². The molecular formula is C9H18O15P2. The molecule has 0 radical (unpaired) electrons. The quantitative estimate of drug-likeness (QED) is 0.0737. The van der Waals surface area contributed by atoms with E-state index in [2.05, 4.69) is 23.6 Å². The van der Waals surface area contributed by atoms with E-state index >= 15 is 0 Å². The van der Waals surface area contributed by atoms with Crippen LogP contribution >= 0.6 is 15.6 Å². The van der Waals surface area contributed by atoms with Crippen molar-refractivity contribution in [3.05, 3.63) is 0 Å². The maximum atomic E-state index is 11.9. The van der Waals surface area contributed by atoms with Gasteiger partial charge in [0.2, 0.25) is 2.86 Å². The molecule has 0 spiro atoms. The number of ether oxygens (including phenoxy) is 1. The zero-order valence-electron chi connectivity index (χ0n) is 14.6. The van der Waals surface area contributed by atoms with E-state index in [1.54, 1.807) is 0 Å². The lowest BCUT2D eigenvalue weighted by atomic mass is 10.0. The molecule has 0 aliphatic carbocycles. The van der Waals surface area contributed by atoms with Crippen LogP contribution in [-0.4, -0.2) is 98.9 Å². The fourth-order valence-corrected chi connectivity index (χ4v) is 2.24. The summed E-state index contributed by atoms with van der Waals surface area (Å²) in [6.45, 7) is -2.49. The van der Waals surface area contributed by atoms with Crippen molar-refractivity contribution < 1.29 is 72.5 Å². The smallest absolute Gasteiger partial charge is 0.454 e. The Bertz CT molecular complexity index is 604. The van der Waals surface area contributed by atoms with Crippen molar-refractivity contribution in [2.45, 2.75) is 30.5 Å². The van der Waals surface area contributed by atoms with Crippen molar-refractivity contribution >= 4 is 27.9 Å². The van der Waals surface area contributed by atoms with E-state index in [0.717, 1.165) is 0 Å². The van der Waals surface area contributed by atoms with Crippen LogP contribution in [0.1, 0.15) is 0 Å². The van der Waals surface area contributed by atoms with Gasteiger partial charge >= 0.3 is 21.6 Å². The fraction of sp³-hybridized carbons (Fsp3) is 0.778. The van der Waals surface area contributed by atoms with Gasteiger partial charge in [-0.2, -0.15) is 0 Å².